The van der Waals surface area contributed by atoms with Gasteiger partial charge in [-0.3, -0.25) is 9.52 Å². The van der Waals surface area contributed by atoms with Gasteiger partial charge in [-0.05, 0) is 48.2 Å². The predicted octanol–water partition coefficient (Wildman–Crippen LogP) is 2.95. The maximum absolute atomic E-state index is 13.0. The fourth-order valence-corrected chi connectivity index (χ4v) is 3.42. The first kappa shape index (κ1) is 18.2. The number of methoxy groups -OCH3 is 1. The van der Waals surface area contributed by atoms with E-state index in [1.54, 1.807) is 24.3 Å². The van der Waals surface area contributed by atoms with Crippen molar-refractivity contribution in [3.63, 3.8) is 0 Å². The standard InChI is InChI=1S/C18H19FN2O4S/c1-25-17-8-7-13(9-16(17)21-26(2,23)24)20-18(22)15-10-14(15)11-3-5-12(19)6-4-11/h3-9,14-15,21H,10H2,1-2H3,(H,20,22)/t14-,15-/m1/s1. The number of carbonyl (C=O) groups excluding carboxylic acids is 1. The van der Waals surface area contributed by atoms with E-state index in [9.17, 15) is 17.6 Å². The lowest BCUT2D eigenvalue weighted by Crippen LogP contribution is -2.15. The number of nitrogens with one attached hydrogen (secondary N) is 2. The van der Waals surface area contributed by atoms with Gasteiger partial charge in [-0.1, -0.05) is 12.1 Å². The summed E-state index contributed by atoms with van der Waals surface area (Å²) in [6, 6.07) is 10.9. The van der Waals surface area contributed by atoms with Crippen molar-refractivity contribution in [1.29, 1.82) is 0 Å². The Morgan fingerprint density at radius 2 is 1.88 bits per heavy atom. The smallest absolute Gasteiger partial charge is 0.229 e. The Hall–Kier alpha value is -2.61. The van der Waals surface area contributed by atoms with Gasteiger partial charge in [-0.2, -0.15) is 0 Å². The molecule has 2 atom stereocenters. The van der Waals surface area contributed by atoms with Gasteiger partial charge in [-0.15, -0.1) is 0 Å². The first-order valence-corrected chi connectivity index (χ1v) is 9.88. The highest BCUT2D eigenvalue weighted by Gasteiger charge is 2.43. The average Bonchev–Trinajstić information content (AvgIpc) is 3.35. The molecule has 138 valence electrons. The molecule has 2 N–H and O–H groups in total. The van der Waals surface area contributed by atoms with Crippen LogP contribution in [0.3, 0.4) is 0 Å². The van der Waals surface area contributed by atoms with E-state index in [1.807, 2.05) is 0 Å². The van der Waals surface area contributed by atoms with Crippen LogP contribution in [0.4, 0.5) is 15.8 Å². The van der Waals surface area contributed by atoms with Crippen molar-refractivity contribution in [2.24, 2.45) is 5.92 Å². The number of hydrogen-bond acceptors (Lipinski definition) is 4. The largest absolute Gasteiger partial charge is 0.495 e. The molecular weight excluding hydrogens is 359 g/mol. The highest BCUT2D eigenvalue weighted by atomic mass is 32.2. The van der Waals surface area contributed by atoms with Crippen LogP contribution in [0.5, 0.6) is 5.75 Å². The third-order valence-electron chi connectivity index (χ3n) is 4.19. The Morgan fingerprint density at radius 1 is 1.19 bits per heavy atom. The molecule has 1 saturated carbocycles. The zero-order valence-electron chi connectivity index (χ0n) is 14.3. The van der Waals surface area contributed by atoms with Crippen molar-refractivity contribution in [1.82, 2.24) is 0 Å². The van der Waals surface area contributed by atoms with Gasteiger partial charge < -0.3 is 10.1 Å². The average molecular weight is 378 g/mol. The number of ether oxygens (including phenoxy) is 1. The summed E-state index contributed by atoms with van der Waals surface area (Å²) < 4.78 is 43.4. The van der Waals surface area contributed by atoms with Crippen LogP contribution >= 0.6 is 0 Å². The van der Waals surface area contributed by atoms with Gasteiger partial charge >= 0.3 is 0 Å². The SMILES string of the molecule is COc1ccc(NC(=O)[C@@H]2C[C@@H]2c2ccc(F)cc2)cc1NS(C)(=O)=O. The summed E-state index contributed by atoms with van der Waals surface area (Å²) >= 11 is 0. The van der Waals surface area contributed by atoms with Gasteiger partial charge in [0.15, 0.2) is 0 Å². The zero-order chi connectivity index (χ0) is 18.9. The quantitative estimate of drug-likeness (QED) is 0.809. The number of hydrogen-bond donors (Lipinski definition) is 2. The highest BCUT2D eigenvalue weighted by Crippen LogP contribution is 2.48. The summed E-state index contributed by atoms with van der Waals surface area (Å²) in [5.41, 5.74) is 1.64. The predicted molar refractivity (Wildman–Crippen MR) is 97.3 cm³/mol. The number of sulfonamides is 1. The topological polar surface area (TPSA) is 84.5 Å². The lowest BCUT2D eigenvalue weighted by molar-refractivity contribution is -0.117. The van der Waals surface area contributed by atoms with Crippen molar-refractivity contribution < 1.29 is 22.3 Å². The second-order valence-electron chi connectivity index (χ2n) is 6.28. The minimum Gasteiger partial charge on any atom is -0.495 e. The number of halogens is 1. The Morgan fingerprint density at radius 3 is 2.50 bits per heavy atom. The van der Waals surface area contributed by atoms with Crippen LogP contribution in [-0.2, 0) is 14.8 Å². The Kier molecular flexibility index (Phi) is 4.86. The highest BCUT2D eigenvalue weighted by molar-refractivity contribution is 7.92. The second-order valence-corrected chi connectivity index (χ2v) is 8.03. The minimum atomic E-state index is -3.48. The van der Waals surface area contributed by atoms with Crippen LogP contribution in [0.1, 0.15) is 17.9 Å². The molecule has 0 unspecified atom stereocenters. The first-order chi connectivity index (χ1) is 12.3. The van der Waals surface area contributed by atoms with Crippen molar-refractivity contribution in [2.75, 3.05) is 23.4 Å². The summed E-state index contributed by atoms with van der Waals surface area (Å²) in [4.78, 5) is 12.4. The van der Waals surface area contributed by atoms with E-state index in [0.717, 1.165) is 11.8 Å². The number of benzene rings is 2. The molecule has 6 nitrogen and oxygen atoms in total. The van der Waals surface area contributed by atoms with E-state index < -0.39 is 10.0 Å². The van der Waals surface area contributed by atoms with Crippen molar-refractivity contribution in [3.05, 3.63) is 53.8 Å². The van der Waals surface area contributed by atoms with Gasteiger partial charge in [0.05, 0.1) is 19.1 Å². The molecule has 0 heterocycles. The van der Waals surface area contributed by atoms with E-state index in [4.69, 9.17) is 4.74 Å². The molecule has 0 bridgehead atoms. The Balaban J connectivity index is 1.70. The molecule has 0 aliphatic heterocycles. The van der Waals surface area contributed by atoms with Gasteiger partial charge in [-0.25, -0.2) is 12.8 Å². The monoisotopic (exact) mass is 378 g/mol. The van der Waals surface area contributed by atoms with Gasteiger partial charge in [0, 0.05) is 11.6 Å². The summed E-state index contributed by atoms with van der Waals surface area (Å²) in [7, 11) is -2.05. The normalized spacial score (nSPS) is 18.9. The summed E-state index contributed by atoms with van der Waals surface area (Å²) in [5, 5.41) is 2.79. The number of anilines is 2. The summed E-state index contributed by atoms with van der Waals surface area (Å²) in [6.45, 7) is 0. The first-order valence-electron chi connectivity index (χ1n) is 7.99. The maximum Gasteiger partial charge on any atom is 0.229 e. The molecule has 0 saturated heterocycles. The molecular formula is C18H19FN2O4S. The lowest BCUT2D eigenvalue weighted by Gasteiger charge is -2.12. The van der Waals surface area contributed by atoms with Gasteiger partial charge in [0.25, 0.3) is 0 Å². The molecule has 1 aliphatic carbocycles. The summed E-state index contributed by atoms with van der Waals surface area (Å²) in [6.07, 6.45) is 1.73. The minimum absolute atomic E-state index is 0.0717. The van der Waals surface area contributed by atoms with E-state index in [2.05, 4.69) is 10.0 Å². The molecule has 3 rings (SSSR count). The molecule has 2 aromatic rings. The molecule has 0 aromatic heterocycles. The molecule has 2 aromatic carbocycles. The Bertz CT molecular complexity index is 929. The number of carbonyl (C=O) groups is 1. The van der Waals surface area contributed by atoms with Crippen molar-refractivity contribution >= 4 is 27.3 Å². The second kappa shape index (κ2) is 6.95. The van der Waals surface area contributed by atoms with Crippen LogP contribution < -0.4 is 14.8 Å². The van der Waals surface area contributed by atoms with Gasteiger partial charge in [0.1, 0.15) is 11.6 Å². The van der Waals surface area contributed by atoms with Crippen LogP contribution in [0, 0.1) is 11.7 Å². The van der Waals surface area contributed by atoms with Crippen LogP contribution in [0.2, 0.25) is 0 Å². The van der Waals surface area contributed by atoms with E-state index >= 15 is 0 Å². The molecule has 0 spiro atoms. The molecule has 1 aliphatic rings. The number of rotatable bonds is 6. The van der Waals surface area contributed by atoms with Crippen LogP contribution in [0.15, 0.2) is 42.5 Å². The summed E-state index contributed by atoms with van der Waals surface area (Å²) in [5.74, 6) is -0.227. The van der Waals surface area contributed by atoms with E-state index in [0.29, 0.717) is 17.9 Å². The van der Waals surface area contributed by atoms with Crippen LogP contribution in [0.25, 0.3) is 0 Å². The molecule has 26 heavy (non-hydrogen) atoms. The third kappa shape index (κ3) is 4.32. The number of amides is 1. The van der Waals surface area contributed by atoms with E-state index in [-0.39, 0.29) is 29.2 Å². The third-order valence-corrected chi connectivity index (χ3v) is 4.78. The van der Waals surface area contributed by atoms with Gasteiger partial charge in [0.2, 0.25) is 15.9 Å². The molecule has 1 fully saturated rings. The fourth-order valence-electron chi connectivity index (χ4n) is 2.86. The van der Waals surface area contributed by atoms with E-state index in [1.165, 1.54) is 25.3 Å². The fraction of sp³-hybridized carbons (Fsp3) is 0.278. The van der Waals surface area contributed by atoms with Crippen LogP contribution in [-0.4, -0.2) is 27.7 Å². The zero-order valence-corrected chi connectivity index (χ0v) is 15.1. The molecule has 0 radical (unpaired) electrons. The van der Waals surface area contributed by atoms with Crippen molar-refractivity contribution in [3.8, 4) is 5.75 Å². The lowest BCUT2D eigenvalue weighted by atomic mass is 10.1. The van der Waals surface area contributed by atoms with Crippen molar-refractivity contribution in [2.45, 2.75) is 12.3 Å². The maximum atomic E-state index is 13.0. The Labute approximate surface area is 151 Å². The molecule has 8 heteroatoms. The molecule has 1 amide bonds.